The van der Waals surface area contributed by atoms with Crippen LogP contribution in [0.2, 0.25) is 0 Å². The molecule has 1 heterocycles. The molecule has 0 fully saturated rings. The molecule has 0 aromatic carbocycles. The summed E-state index contributed by atoms with van der Waals surface area (Å²) < 4.78 is 36.0. The number of hydrogen-bond donors (Lipinski definition) is 2. The zero-order valence-electron chi connectivity index (χ0n) is 7.58. The minimum Gasteiger partial charge on any atom is -0.483 e. The lowest BCUT2D eigenvalue weighted by atomic mass is 10.2. The number of carbonyl (C=O) groups is 1. The maximum absolute atomic E-state index is 12.0. The number of nitrogens with zero attached hydrogens (tertiary/aromatic N) is 1. The molecule has 0 bridgehead atoms. The number of pyridine rings is 1. The number of H-pyrrole nitrogens is 1. The Morgan fingerprint density at radius 2 is 2.00 bits per heavy atom. The van der Waals surface area contributed by atoms with E-state index in [2.05, 4.69) is 0 Å². The minimum absolute atomic E-state index is 0.250. The summed E-state index contributed by atoms with van der Waals surface area (Å²) in [6, 6.07) is 1.88. The van der Waals surface area contributed by atoms with E-state index < -0.39 is 22.9 Å². The second kappa shape index (κ2) is 5.55. The van der Waals surface area contributed by atoms with Gasteiger partial charge in [0.05, 0.1) is 5.56 Å². The first-order chi connectivity index (χ1) is 7.36. The first kappa shape index (κ1) is 13.7. The topological polar surface area (TPSA) is 94.0 Å². The van der Waals surface area contributed by atoms with Gasteiger partial charge in [-0.2, -0.15) is 18.4 Å². The molecular weight excluding hydrogens is 229 g/mol. The molecule has 0 saturated heterocycles. The summed E-state index contributed by atoms with van der Waals surface area (Å²) in [6.45, 7) is -0.250. The average Bonchev–Trinajstić information content (AvgIpc) is 2.18. The third kappa shape index (κ3) is 3.83. The third-order valence-corrected chi connectivity index (χ3v) is 1.35. The van der Waals surface area contributed by atoms with E-state index in [1.165, 1.54) is 6.07 Å². The lowest BCUT2D eigenvalue weighted by Gasteiger charge is -2.04. The second-order valence-corrected chi connectivity index (χ2v) is 2.35. The van der Waals surface area contributed by atoms with E-state index in [4.69, 9.17) is 15.2 Å². The van der Waals surface area contributed by atoms with Gasteiger partial charge in [-0.25, -0.2) is 0 Å². The van der Waals surface area contributed by atoms with Crippen LogP contribution in [0.5, 0.6) is 0 Å². The maximum atomic E-state index is 12.0. The quantitative estimate of drug-likeness (QED) is 0.654. The van der Waals surface area contributed by atoms with E-state index in [-0.39, 0.29) is 6.47 Å². The van der Waals surface area contributed by atoms with Crippen molar-refractivity contribution in [2.24, 2.45) is 0 Å². The number of nitrogens with one attached hydrogen (secondary N) is 1. The fourth-order valence-electron chi connectivity index (χ4n) is 0.730. The summed E-state index contributed by atoms with van der Waals surface area (Å²) in [5, 5.41) is 15.2. The van der Waals surface area contributed by atoms with Gasteiger partial charge in [-0.3, -0.25) is 9.59 Å². The predicted molar refractivity (Wildman–Crippen MR) is 45.5 cm³/mol. The van der Waals surface area contributed by atoms with Crippen molar-refractivity contribution in [2.45, 2.75) is 6.18 Å². The molecule has 5 nitrogen and oxygen atoms in total. The molecule has 0 saturated carbocycles. The van der Waals surface area contributed by atoms with Crippen LogP contribution in [0.15, 0.2) is 17.1 Å². The highest BCUT2D eigenvalue weighted by Crippen LogP contribution is 2.28. The lowest BCUT2D eigenvalue weighted by molar-refractivity contribution is -0.137. The van der Waals surface area contributed by atoms with Gasteiger partial charge in [0.15, 0.2) is 0 Å². The first-order valence-corrected chi connectivity index (χ1v) is 3.64. The zero-order chi connectivity index (χ0) is 12.8. The molecule has 1 rings (SSSR count). The maximum Gasteiger partial charge on any atom is 0.417 e. The minimum atomic E-state index is -4.55. The van der Waals surface area contributed by atoms with Gasteiger partial charge in [-0.05, 0) is 6.07 Å². The molecule has 0 radical (unpaired) electrons. The number of halogens is 3. The third-order valence-electron chi connectivity index (χ3n) is 1.35. The molecule has 8 heteroatoms. The predicted octanol–water partition coefficient (Wildman–Crippen LogP) is 0.966. The molecule has 0 unspecified atom stereocenters. The van der Waals surface area contributed by atoms with Crippen molar-refractivity contribution in [3.63, 3.8) is 0 Å². The van der Waals surface area contributed by atoms with E-state index in [9.17, 15) is 18.0 Å². The molecule has 0 spiro atoms. The summed E-state index contributed by atoms with van der Waals surface area (Å²) in [5.41, 5.74) is -2.41. The van der Waals surface area contributed by atoms with Crippen molar-refractivity contribution in [3.05, 3.63) is 33.7 Å². The highest BCUT2D eigenvalue weighted by Gasteiger charge is 2.31. The number of alkyl halides is 3. The SMILES string of the molecule is N#Cc1cc(C(F)(F)F)c[nH]c1=O.O=CO. The molecule has 0 aliphatic heterocycles. The number of carboxylic acid groups (broad SMARTS) is 1. The van der Waals surface area contributed by atoms with Crippen molar-refractivity contribution < 1.29 is 23.1 Å². The lowest BCUT2D eigenvalue weighted by Crippen LogP contribution is -2.14. The largest absolute Gasteiger partial charge is 0.483 e. The number of aromatic nitrogens is 1. The molecule has 1 aromatic heterocycles. The van der Waals surface area contributed by atoms with Gasteiger partial charge in [0.25, 0.3) is 12.0 Å². The molecular formula is C8H5F3N2O3. The molecule has 0 aliphatic rings. The summed E-state index contributed by atoms with van der Waals surface area (Å²) in [6.07, 6.45) is -4.01. The van der Waals surface area contributed by atoms with Gasteiger partial charge in [0, 0.05) is 6.20 Å². The van der Waals surface area contributed by atoms with Crippen molar-refractivity contribution in [1.29, 1.82) is 5.26 Å². The standard InChI is InChI=1S/C7H3F3N2O.CH2O2/c8-7(9,10)5-1-4(2-11)6(13)12-3-5;2-1-3/h1,3H,(H,12,13);1H,(H,2,3). The number of hydrogen-bond acceptors (Lipinski definition) is 3. The van der Waals surface area contributed by atoms with Crippen molar-refractivity contribution in [1.82, 2.24) is 4.98 Å². The van der Waals surface area contributed by atoms with E-state index >= 15 is 0 Å². The van der Waals surface area contributed by atoms with Crippen LogP contribution in [0.4, 0.5) is 13.2 Å². The van der Waals surface area contributed by atoms with Crippen LogP contribution >= 0.6 is 0 Å². The Labute approximate surface area is 86.8 Å². The van der Waals surface area contributed by atoms with Crippen LogP contribution < -0.4 is 5.56 Å². The van der Waals surface area contributed by atoms with Gasteiger partial charge >= 0.3 is 6.18 Å². The average molecular weight is 234 g/mol. The van der Waals surface area contributed by atoms with Crippen molar-refractivity contribution >= 4 is 6.47 Å². The van der Waals surface area contributed by atoms with Gasteiger partial charge < -0.3 is 10.1 Å². The zero-order valence-corrected chi connectivity index (χ0v) is 7.58. The Morgan fingerprint density at radius 3 is 2.38 bits per heavy atom. The first-order valence-electron chi connectivity index (χ1n) is 3.64. The summed E-state index contributed by atoms with van der Waals surface area (Å²) in [5.74, 6) is 0. The molecule has 86 valence electrons. The Bertz CT molecular complexity index is 459. The van der Waals surface area contributed by atoms with Gasteiger partial charge in [-0.15, -0.1) is 0 Å². The number of nitriles is 1. The van der Waals surface area contributed by atoms with Crippen LogP contribution in [0.3, 0.4) is 0 Å². The van der Waals surface area contributed by atoms with E-state index in [1.54, 1.807) is 0 Å². The highest BCUT2D eigenvalue weighted by molar-refractivity contribution is 5.32. The Balaban J connectivity index is 0.000000673. The van der Waals surface area contributed by atoms with Gasteiger partial charge in [0.1, 0.15) is 11.6 Å². The Kier molecular flexibility index (Phi) is 4.75. The fourth-order valence-corrected chi connectivity index (χ4v) is 0.730. The fraction of sp³-hybridized carbons (Fsp3) is 0.125. The normalized spacial score (nSPS) is 9.62. The van der Waals surface area contributed by atoms with E-state index in [0.717, 1.165) is 0 Å². The van der Waals surface area contributed by atoms with Gasteiger partial charge in [-0.1, -0.05) is 0 Å². The summed E-state index contributed by atoms with van der Waals surface area (Å²) in [7, 11) is 0. The van der Waals surface area contributed by atoms with E-state index in [1.807, 2.05) is 4.98 Å². The Morgan fingerprint density at radius 1 is 1.50 bits per heavy atom. The molecule has 2 N–H and O–H groups in total. The van der Waals surface area contributed by atoms with Crippen LogP contribution in [0.1, 0.15) is 11.1 Å². The number of rotatable bonds is 0. The smallest absolute Gasteiger partial charge is 0.417 e. The van der Waals surface area contributed by atoms with Crippen LogP contribution in [0, 0.1) is 11.3 Å². The van der Waals surface area contributed by atoms with Crippen LogP contribution in [-0.2, 0) is 11.0 Å². The van der Waals surface area contributed by atoms with Crippen molar-refractivity contribution in [3.8, 4) is 6.07 Å². The molecule has 16 heavy (non-hydrogen) atoms. The number of aromatic amines is 1. The molecule has 0 aliphatic carbocycles. The van der Waals surface area contributed by atoms with Gasteiger partial charge in [0.2, 0.25) is 0 Å². The van der Waals surface area contributed by atoms with Crippen molar-refractivity contribution in [2.75, 3.05) is 0 Å². The van der Waals surface area contributed by atoms with Crippen LogP contribution in [-0.4, -0.2) is 16.6 Å². The van der Waals surface area contributed by atoms with E-state index in [0.29, 0.717) is 12.3 Å². The summed E-state index contributed by atoms with van der Waals surface area (Å²) >= 11 is 0. The highest BCUT2D eigenvalue weighted by atomic mass is 19.4. The van der Waals surface area contributed by atoms with Crippen LogP contribution in [0.25, 0.3) is 0 Å². The molecule has 0 atom stereocenters. The Hall–Kier alpha value is -2.30. The monoisotopic (exact) mass is 234 g/mol. The molecule has 0 amide bonds. The second-order valence-electron chi connectivity index (χ2n) is 2.35. The molecule has 1 aromatic rings. The summed E-state index contributed by atoms with van der Waals surface area (Å²) in [4.78, 5) is 20.9.